The molecule has 0 spiro atoms. The van der Waals surface area contributed by atoms with E-state index in [-0.39, 0.29) is 30.6 Å². The second-order valence-corrected chi connectivity index (χ2v) is 8.11. The van der Waals surface area contributed by atoms with E-state index >= 15 is 0 Å². The lowest BCUT2D eigenvalue weighted by atomic mass is 10.0. The van der Waals surface area contributed by atoms with E-state index in [1.165, 1.54) is 24.1 Å². The van der Waals surface area contributed by atoms with Crippen molar-refractivity contribution < 1.29 is 28.2 Å². The summed E-state index contributed by atoms with van der Waals surface area (Å²) in [4.78, 5) is 28.7. The van der Waals surface area contributed by atoms with Crippen LogP contribution in [0.5, 0.6) is 11.5 Å². The molecule has 0 aliphatic heterocycles. The molecule has 36 heavy (non-hydrogen) atoms. The van der Waals surface area contributed by atoms with Crippen LogP contribution in [0, 0.1) is 5.82 Å². The molecule has 7 nitrogen and oxygen atoms in total. The summed E-state index contributed by atoms with van der Waals surface area (Å²) < 4.78 is 29.3. The van der Waals surface area contributed by atoms with Crippen LogP contribution in [0.4, 0.5) is 4.39 Å². The lowest BCUT2D eigenvalue weighted by Crippen LogP contribution is -2.44. The van der Waals surface area contributed by atoms with Gasteiger partial charge in [0.05, 0.1) is 27.2 Å². The summed E-state index contributed by atoms with van der Waals surface area (Å²) in [5.74, 6) is 0.0727. The number of hydrogen-bond acceptors (Lipinski definition) is 5. The molecule has 190 valence electrons. The Labute approximate surface area is 210 Å². The highest BCUT2D eigenvalue weighted by atomic mass is 19.1. The van der Waals surface area contributed by atoms with Gasteiger partial charge in [-0.25, -0.2) is 4.39 Å². The second kappa shape index (κ2) is 13.3. The number of halogens is 1. The summed E-state index contributed by atoms with van der Waals surface area (Å²) in [6.45, 7) is 0.751. The quantitative estimate of drug-likeness (QED) is 0.386. The van der Waals surface area contributed by atoms with Crippen molar-refractivity contribution in [3.8, 4) is 11.5 Å². The minimum absolute atomic E-state index is 0.0240. The van der Waals surface area contributed by atoms with Crippen molar-refractivity contribution in [2.45, 2.75) is 19.0 Å². The summed E-state index contributed by atoms with van der Waals surface area (Å²) in [5, 5.41) is 2.86. The monoisotopic (exact) mass is 494 g/mol. The van der Waals surface area contributed by atoms with Gasteiger partial charge in [0, 0.05) is 20.2 Å². The molecule has 1 unspecified atom stereocenters. The van der Waals surface area contributed by atoms with E-state index in [1.54, 1.807) is 44.6 Å². The molecule has 0 radical (unpaired) electrons. The molecule has 0 fully saturated rings. The van der Waals surface area contributed by atoms with Crippen LogP contribution in [-0.2, 0) is 27.3 Å². The third-order valence-electron chi connectivity index (χ3n) is 5.67. The van der Waals surface area contributed by atoms with Gasteiger partial charge in [0.2, 0.25) is 11.8 Å². The maximum absolute atomic E-state index is 13.8. The first-order valence-electron chi connectivity index (χ1n) is 11.5. The van der Waals surface area contributed by atoms with Gasteiger partial charge in [-0.15, -0.1) is 0 Å². The van der Waals surface area contributed by atoms with Gasteiger partial charge in [0.1, 0.15) is 11.9 Å². The maximum atomic E-state index is 13.8. The van der Waals surface area contributed by atoms with E-state index in [9.17, 15) is 14.0 Å². The van der Waals surface area contributed by atoms with E-state index < -0.39 is 6.04 Å². The lowest BCUT2D eigenvalue weighted by Gasteiger charge is -2.32. The van der Waals surface area contributed by atoms with E-state index in [0.29, 0.717) is 41.3 Å². The zero-order chi connectivity index (χ0) is 25.9. The van der Waals surface area contributed by atoms with Crippen molar-refractivity contribution in [2.75, 3.05) is 34.5 Å². The normalized spacial score (nSPS) is 11.4. The zero-order valence-electron chi connectivity index (χ0n) is 20.7. The maximum Gasteiger partial charge on any atom is 0.247 e. The fraction of sp³-hybridized carbons (Fsp3) is 0.286. The molecule has 0 aliphatic carbocycles. The van der Waals surface area contributed by atoms with E-state index in [4.69, 9.17) is 14.2 Å². The number of benzene rings is 3. The highest BCUT2D eigenvalue weighted by molar-refractivity contribution is 5.89. The Morgan fingerprint density at radius 3 is 2.19 bits per heavy atom. The molecule has 0 saturated heterocycles. The highest BCUT2D eigenvalue weighted by Gasteiger charge is 2.31. The van der Waals surface area contributed by atoms with Crippen molar-refractivity contribution in [1.82, 2.24) is 10.2 Å². The molecule has 3 aromatic rings. The number of rotatable bonds is 12. The Bertz CT molecular complexity index is 1140. The molecule has 1 N–H and O–H groups in total. The Morgan fingerprint density at radius 1 is 0.889 bits per heavy atom. The molecule has 0 aliphatic rings. The van der Waals surface area contributed by atoms with Crippen LogP contribution in [0.25, 0.3) is 0 Å². The third-order valence-corrected chi connectivity index (χ3v) is 5.67. The molecule has 3 rings (SSSR count). The molecule has 2 amide bonds. The number of ether oxygens (including phenoxy) is 3. The van der Waals surface area contributed by atoms with Crippen LogP contribution in [-0.4, -0.2) is 51.2 Å². The van der Waals surface area contributed by atoms with E-state index in [2.05, 4.69) is 5.32 Å². The summed E-state index contributed by atoms with van der Waals surface area (Å²) in [5.41, 5.74) is 2.06. The standard InChI is InChI=1S/C28H31FN2O5/c1-34-16-15-30-28(33)27(22-7-5-4-6-8-22)31(19-20-9-12-23(29)13-10-20)26(32)18-21-11-14-24(35-2)25(17-21)36-3/h4-14,17,27H,15-16,18-19H2,1-3H3,(H,30,33). The van der Waals surface area contributed by atoms with Gasteiger partial charge in [-0.3, -0.25) is 9.59 Å². The average molecular weight is 495 g/mol. The zero-order valence-corrected chi connectivity index (χ0v) is 20.7. The molecule has 0 saturated carbocycles. The second-order valence-electron chi connectivity index (χ2n) is 8.11. The van der Waals surface area contributed by atoms with Crippen LogP contribution in [0.1, 0.15) is 22.7 Å². The highest BCUT2D eigenvalue weighted by Crippen LogP contribution is 2.29. The molecule has 0 aromatic heterocycles. The van der Waals surface area contributed by atoms with Crippen molar-refractivity contribution in [1.29, 1.82) is 0 Å². The van der Waals surface area contributed by atoms with Crippen LogP contribution in [0.3, 0.4) is 0 Å². The number of carbonyl (C=O) groups is 2. The van der Waals surface area contributed by atoms with Crippen LogP contribution < -0.4 is 14.8 Å². The van der Waals surface area contributed by atoms with Crippen molar-refractivity contribution >= 4 is 11.8 Å². The first-order chi connectivity index (χ1) is 17.5. The van der Waals surface area contributed by atoms with Crippen molar-refractivity contribution in [3.63, 3.8) is 0 Å². The Kier molecular flexibility index (Phi) is 9.82. The fourth-order valence-electron chi connectivity index (χ4n) is 3.86. The minimum atomic E-state index is -0.902. The predicted molar refractivity (Wildman–Crippen MR) is 134 cm³/mol. The molecule has 8 heteroatoms. The summed E-state index contributed by atoms with van der Waals surface area (Å²) >= 11 is 0. The lowest BCUT2D eigenvalue weighted by molar-refractivity contribution is -0.141. The first kappa shape index (κ1) is 26.7. The molecule has 0 bridgehead atoms. The number of carbonyl (C=O) groups excluding carboxylic acids is 2. The Balaban J connectivity index is 1.98. The molecule has 0 heterocycles. The van der Waals surface area contributed by atoms with Gasteiger partial charge < -0.3 is 24.4 Å². The molecule has 1 atom stereocenters. The minimum Gasteiger partial charge on any atom is -0.493 e. The van der Waals surface area contributed by atoms with Gasteiger partial charge in [-0.2, -0.15) is 0 Å². The third kappa shape index (κ3) is 7.05. The molecular weight excluding hydrogens is 463 g/mol. The van der Waals surface area contributed by atoms with E-state index in [0.717, 1.165) is 0 Å². The summed E-state index contributed by atoms with van der Waals surface area (Å²) in [6, 6.07) is 19.3. The average Bonchev–Trinajstić information content (AvgIpc) is 2.90. The number of nitrogens with one attached hydrogen (secondary N) is 1. The smallest absolute Gasteiger partial charge is 0.247 e. The molecule has 3 aromatic carbocycles. The SMILES string of the molecule is COCCNC(=O)C(c1ccccc1)N(Cc1ccc(F)cc1)C(=O)Cc1ccc(OC)c(OC)c1. The predicted octanol–water partition coefficient (Wildman–Crippen LogP) is 3.92. The Hall–Kier alpha value is -3.91. The number of hydrogen-bond donors (Lipinski definition) is 1. The number of methoxy groups -OCH3 is 3. The number of nitrogens with zero attached hydrogens (tertiary/aromatic N) is 1. The Morgan fingerprint density at radius 2 is 1.56 bits per heavy atom. The summed E-state index contributed by atoms with van der Waals surface area (Å²) in [6.07, 6.45) is 0.0240. The topological polar surface area (TPSA) is 77.1 Å². The van der Waals surface area contributed by atoms with Crippen LogP contribution in [0.2, 0.25) is 0 Å². The number of amides is 2. The van der Waals surface area contributed by atoms with Crippen LogP contribution >= 0.6 is 0 Å². The van der Waals surface area contributed by atoms with Gasteiger partial charge in [-0.1, -0.05) is 48.5 Å². The first-order valence-corrected chi connectivity index (χ1v) is 11.5. The molecular formula is C28H31FN2O5. The van der Waals surface area contributed by atoms with Gasteiger partial charge >= 0.3 is 0 Å². The van der Waals surface area contributed by atoms with Gasteiger partial charge in [-0.05, 0) is 41.0 Å². The van der Waals surface area contributed by atoms with Crippen molar-refractivity contribution in [2.24, 2.45) is 0 Å². The van der Waals surface area contributed by atoms with E-state index in [1.807, 2.05) is 30.3 Å². The largest absolute Gasteiger partial charge is 0.493 e. The van der Waals surface area contributed by atoms with Gasteiger partial charge in [0.25, 0.3) is 0 Å². The fourth-order valence-corrected chi connectivity index (χ4v) is 3.86. The van der Waals surface area contributed by atoms with Gasteiger partial charge in [0.15, 0.2) is 11.5 Å². The van der Waals surface area contributed by atoms with Crippen LogP contribution in [0.15, 0.2) is 72.8 Å². The van der Waals surface area contributed by atoms with Crippen molar-refractivity contribution in [3.05, 3.63) is 95.3 Å². The summed E-state index contributed by atoms with van der Waals surface area (Å²) in [7, 11) is 4.62.